The molecule has 4 heterocycles. The van der Waals surface area contributed by atoms with Crippen LogP contribution in [0, 0.1) is 5.92 Å². The average Bonchev–Trinajstić information content (AvgIpc) is 3.31. The number of aromatic nitrogens is 2. The summed E-state index contributed by atoms with van der Waals surface area (Å²) in [5, 5.41) is 0.972. The Kier molecular flexibility index (Phi) is 7.58. The van der Waals surface area contributed by atoms with E-state index >= 15 is 0 Å². The third kappa shape index (κ3) is 5.85. The molecule has 3 aliphatic heterocycles. The standard InChI is InChI=1S/C25H31ClN4O3S/c26-21-17-22(29-10-6-20(7-11-29)16-19-4-2-1-3-5-19)28-24(27-21)34-18-23(31)30-12-8-25(9-13-30)32-14-15-33-25/h1-5,17,20H,6-16,18H2. The monoisotopic (exact) mass is 502 g/mol. The maximum absolute atomic E-state index is 12.8. The molecule has 9 heteroatoms. The minimum Gasteiger partial charge on any atom is -0.356 e. The summed E-state index contributed by atoms with van der Waals surface area (Å²) in [7, 11) is 0. The number of ether oxygens (including phenoxy) is 2. The number of likely N-dealkylation sites (tertiary alicyclic amines) is 1. The molecular weight excluding hydrogens is 472 g/mol. The molecule has 0 aliphatic carbocycles. The second kappa shape index (κ2) is 10.8. The fourth-order valence-corrected chi connectivity index (χ4v) is 6.01. The molecule has 2 aromatic rings. The number of rotatable bonds is 6. The average molecular weight is 503 g/mol. The number of nitrogens with zero attached hydrogens (tertiary/aromatic N) is 4. The third-order valence-corrected chi connectivity index (χ3v) is 8.01. The van der Waals surface area contributed by atoms with Crippen LogP contribution in [0.3, 0.4) is 0 Å². The Morgan fingerprint density at radius 1 is 1.06 bits per heavy atom. The van der Waals surface area contributed by atoms with E-state index in [0.29, 0.717) is 48.3 Å². The van der Waals surface area contributed by atoms with Crippen LogP contribution >= 0.6 is 23.4 Å². The van der Waals surface area contributed by atoms with E-state index in [-0.39, 0.29) is 5.91 Å². The lowest BCUT2D eigenvalue weighted by Gasteiger charge is -2.37. The van der Waals surface area contributed by atoms with Gasteiger partial charge >= 0.3 is 0 Å². The molecule has 0 atom stereocenters. The quantitative estimate of drug-likeness (QED) is 0.335. The van der Waals surface area contributed by atoms with Crippen molar-refractivity contribution in [2.45, 2.75) is 43.0 Å². The van der Waals surface area contributed by atoms with E-state index in [2.05, 4.69) is 40.2 Å². The molecule has 0 unspecified atom stereocenters. The zero-order valence-corrected chi connectivity index (χ0v) is 20.9. The zero-order chi connectivity index (χ0) is 23.4. The van der Waals surface area contributed by atoms with Gasteiger partial charge in [-0.15, -0.1) is 0 Å². The normalized spacial score (nSPS) is 20.7. The van der Waals surface area contributed by atoms with Crippen LogP contribution in [0.4, 0.5) is 5.82 Å². The molecule has 0 radical (unpaired) electrons. The zero-order valence-electron chi connectivity index (χ0n) is 19.3. The minimum atomic E-state index is -0.469. The van der Waals surface area contributed by atoms with Crippen molar-refractivity contribution in [2.24, 2.45) is 5.92 Å². The molecular formula is C25H31ClN4O3S. The number of benzene rings is 1. The van der Waals surface area contributed by atoms with Crippen molar-refractivity contribution in [2.75, 3.05) is 50.0 Å². The first-order chi connectivity index (χ1) is 16.6. The van der Waals surface area contributed by atoms with Crippen LogP contribution in [0.25, 0.3) is 0 Å². The van der Waals surface area contributed by atoms with Crippen molar-refractivity contribution in [1.29, 1.82) is 0 Å². The van der Waals surface area contributed by atoms with Gasteiger partial charge in [-0.05, 0) is 30.7 Å². The van der Waals surface area contributed by atoms with Crippen LogP contribution in [-0.2, 0) is 20.7 Å². The second-order valence-electron chi connectivity index (χ2n) is 9.23. The third-order valence-electron chi connectivity index (χ3n) is 6.98. The highest BCUT2D eigenvalue weighted by molar-refractivity contribution is 7.99. The van der Waals surface area contributed by atoms with E-state index in [9.17, 15) is 4.79 Å². The molecule has 1 aromatic heterocycles. The summed E-state index contributed by atoms with van der Waals surface area (Å²) in [6, 6.07) is 12.5. The first-order valence-corrected chi connectivity index (χ1v) is 13.5. The van der Waals surface area contributed by atoms with Crippen molar-refractivity contribution < 1.29 is 14.3 Å². The molecule has 0 N–H and O–H groups in total. The van der Waals surface area contributed by atoms with E-state index < -0.39 is 5.79 Å². The topological polar surface area (TPSA) is 67.8 Å². The lowest BCUT2D eigenvalue weighted by Crippen LogP contribution is -2.47. The van der Waals surface area contributed by atoms with E-state index in [0.717, 1.165) is 51.0 Å². The fraction of sp³-hybridized carbons (Fsp3) is 0.560. The molecule has 3 fully saturated rings. The first kappa shape index (κ1) is 23.9. The Hall–Kier alpha value is -1.87. The Labute approximate surface area is 210 Å². The number of amides is 1. The van der Waals surface area contributed by atoms with Gasteiger partial charge in [-0.1, -0.05) is 53.7 Å². The molecule has 0 saturated carbocycles. The van der Waals surface area contributed by atoms with Gasteiger partial charge in [-0.3, -0.25) is 4.79 Å². The van der Waals surface area contributed by atoms with Gasteiger partial charge in [0.15, 0.2) is 10.9 Å². The molecule has 34 heavy (non-hydrogen) atoms. The van der Waals surface area contributed by atoms with E-state index in [1.165, 1.54) is 17.3 Å². The predicted molar refractivity (Wildman–Crippen MR) is 133 cm³/mol. The van der Waals surface area contributed by atoms with Crippen LogP contribution in [-0.4, -0.2) is 71.7 Å². The van der Waals surface area contributed by atoms with Gasteiger partial charge < -0.3 is 19.3 Å². The summed E-state index contributed by atoms with van der Waals surface area (Å²) >= 11 is 7.68. The summed E-state index contributed by atoms with van der Waals surface area (Å²) in [5.74, 6) is 1.45. The summed E-state index contributed by atoms with van der Waals surface area (Å²) in [6.07, 6.45) is 4.82. The number of carbonyl (C=O) groups is 1. The molecule has 3 saturated heterocycles. The van der Waals surface area contributed by atoms with Crippen LogP contribution in [0.1, 0.15) is 31.2 Å². The SMILES string of the molecule is O=C(CSc1nc(Cl)cc(N2CCC(Cc3ccccc3)CC2)n1)N1CCC2(CC1)OCCO2. The van der Waals surface area contributed by atoms with Gasteiger partial charge in [-0.2, -0.15) is 0 Å². The largest absolute Gasteiger partial charge is 0.356 e. The van der Waals surface area contributed by atoms with Crippen molar-refractivity contribution in [3.8, 4) is 0 Å². The van der Waals surface area contributed by atoms with Crippen LogP contribution < -0.4 is 4.90 Å². The smallest absolute Gasteiger partial charge is 0.233 e. The fourth-order valence-electron chi connectivity index (χ4n) is 5.03. The molecule has 182 valence electrons. The Morgan fingerprint density at radius 3 is 2.47 bits per heavy atom. The molecule has 5 rings (SSSR count). The van der Waals surface area contributed by atoms with Crippen LogP contribution in [0.5, 0.6) is 0 Å². The van der Waals surface area contributed by atoms with Crippen molar-refractivity contribution >= 4 is 35.1 Å². The van der Waals surface area contributed by atoms with Crippen LogP contribution in [0.15, 0.2) is 41.6 Å². The van der Waals surface area contributed by atoms with Crippen molar-refractivity contribution in [1.82, 2.24) is 14.9 Å². The van der Waals surface area contributed by atoms with Gasteiger partial charge in [0.05, 0.1) is 19.0 Å². The lowest BCUT2D eigenvalue weighted by atomic mass is 9.90. The second-order valence-corrected chi connectivity index (χ2v) is 10.6. The van der Waals surface area contributed by atoms with Gasteiger partial charge in [-0.25, -0.2) is 9.97 Å². The Balaban J connectivity index is 1.12. The van der Waals surface area contributed by atoms with E-state index in [4.69, 9.17) is 26.1 Å². The van der Waals surface area contributed by atoms with Gasteiger partial charge in [0.25, 0.3) is 0 Å². The van der Waals surface area contributed by atoms with Crippen molar-refractivity contribution in [3.63, 3.8) is 0 Å². The number of thioether (sulfide) groups is 1. The van der Waals surface area contributed by atoms with E-state index in [1.807, 2.05) is 11.0 Å². The number of anilines is 1. The van der Waals surface area contributed by atoms with Gasteiger partial charge in [0.2, 0.25) is 5.91 Å². The first-order valence-electron chi connectivity index (χ1n) is 12.1. The number of carbonyl (C=O) groups excluding carboxylic acids is 1. The highest BCUT2D eigenvalue weighted by Gasteiger charge is 2.40. The van der Waals surface area contributed by atoms with Gasteiger partial charge in [0.1, 0.15) is 11.0 Å². The molecule has 1 aromatic carbocycles. The number of hydrogen-bond acceptors (Lipinski definition) is 7. The van der Waals surface area contributed by atoms with Crippen molar-refractivity contribution in [3.05, 3.63) is 47.1 Å². The summed E-state index contributed by atoms with van der Waals surface area (Å²) < 4.78 is 11.5. The highest BCUT2D eigenvalue weighted by Crippen LogP contribution is 2.32. The molecule has 1 amide bonds. The molecule has 7 nitrogen and oxygen atoms in total. The minimum absolute atomic E-state index is 0.0877. The Morgan fingerprint density at radius 2 is 1.76 bits per heavy atom. The molecule has 1 spiro atoms. The summed E-state index contributed by atoms with van der Waals surface area (Å²) in [5.41, 5.74) is 1.40. The lowest BCUT2D eigenvalue weighted by molar-refractivity contribution is -0.186. The van der Waals surface area contributed by atoms with E-state index in [1.54, 1.807) is 0 Å². The summed E-state index contributed by atoms with van der Waals surface area (Å²) in [4.78, 5) is 26.0. The number of piperidine rings is 2. The highest BCUT2D eigenvalue weighted by atomic mass is 35.5. The Bertz CT molecular complexity index is 971. The predicted octanol–water partition coefficient (Wildman–Crippen LogP) is 4.05. The number of halogens is 1. The van der Waals surface area contributed by atoms with Crippen LogP contribution in [0.2, 0.25) is 5.15 Å². The molecule has 3 aliphatic rings. The maximum atomic E-state index is 12.8. The number of hydrogen-bond donors (Lipinski definition) is 0. The maximum Gasteiger partial charge on any atom is 0.233 e. The molecule has 0 bridgehead atoms. The summed E-state index contributed by atoms with van der Waals surface area (Å²) in [6.45, 7) is 4.49. The van der Waals surface area contributed by atoms with Gasteiger partial charge in [0, 0.05) is 45.1 Å².